The van der Waals surface area contributed by atoms with Crippen molar-refractivity contribution < 1.29 is 4.74 Å². The quantitative estimate of drug-likeness (QED) is 0.746. The maximum atomic E-state index is 5.34. The Hall–Kier alpha value is -1.61. The molecule has 3 heteroatoms. The van der Waals surface area contributed by atoms with Crippen LogP contribution in [0.2, 0.25) is 19.6 Å². The summed E-state index contributed by atoms with van der Waals surface area (Å²) in [4.78, 5) is 4.76. The van der Waals surface area contributed by atoms with Crippen molar-refractivity contribution in [1.29, 1.82) is 0 Å². The van der Waals surface area contributed by atoms with E-state index in [9.17, 15) is 0 Å². The average molecular weight is 328 g/mol. The molecule has 1 aromatic heterocycles. The van der Waals surface area contributed by atoms with E-state index >= 15 is 0 Å². The van der Waals surface area contributed by atoms with E-state index in [4.69, 9.17) is 9.72 Å². The van der Waals surface area contributed by atoms with E-state index in [1.807, 2.05) is 12.1 Å². The molecule has 0 N–H and O–H groups in total. The molecular formula is C20H29NOSi. The zero-order valence-corrected chi connectivity index (χ0v) is 16.5. The van der Waals surface area contributed by atoms with Crippen molar-refractivity contribution in [3.05, 3.63) is 42.1 Å². The number of rotatable bonds is 4. The van der Waals surface area contributed by atoms with Crippen LogP contribution in [0.4, 0.5) is 0 Å². The minimum absolute atomic E-state index is 0.265. The summed E-state index contributed by atoms with van der Waals surface area (Å²) in [5.74, 6) is 0.871. The van der Waals surface area contributed by atoms with E-state index < -0.39 is 8.07 Å². The SMILES string of the molecule is COc1cccc(-c2cc(CC(C)(C)C)c([Si](C)(C)C)cn2)c1. The first-order valence-corrected chi connectivity index (χ1v) is 11.7. The van der Waals surface area contributed by atoms with Gasteiger partial charge in [0.25, 0.3) is 0 Å². The van der Waals surface area contributed by atoms with E-state index in [-0.39, 0.29) is 5.41 Å². The number of pyridine rings is 1. The summed E-state index contributed by atoms with van der Waals surface area (Å²) < 4.78 is 5.34. The summed E-state index contributed by atoms with van der Waals surface area (Å²) in [6.45, 7) is 14.1. The highest BCUT2D eigenvalue weighted by Crippen LogP contribution is 2.26. The molecule has 0 radical (unpaired) electrons. The van der Waals surface area contributed by atoms with Gasteiger partial charge in [0.05, 0.1) is 20.9 Å². The number of aromatic nitrogens is 1. The van der Waals surface area contributed by atoms with E-state index in [1.54, 1.807) is 7.11 Å². The molecule has 2 rings (SSSR count). The molecular weight excluding hydrogens is 298 g/mol. The number of methoxy groups -OCH3 is 1. The van der Waals surface area contributed by atoms with Crippen LogP contribution in [0, 0.1) is 5.41 Å². The third-order valence-electron chi connectivity index (χ3n) is 3.88. The van der Waals surface area contributed by atoms with Gasteiger partial charge in [-0.25, -0.2) is 0 Å². The number of nitrogens with zero attached hydrogens (tertiary/aromatic N) is 1. The van der Waals surface area contributed by atoms with Gasteiger partial charge in [0.1, 0.15) is 5.75 Å². The largest absolute Gasteiger partial charge is 0.497 e. The summed E-state index contributed by atoms with van der Waals surface area (Å²) in [6.07, 6.45) is 3.19. The van der Waals surface area contributed by atoms with Gasteiger partial charge in [0, 0.05) is 11.8 Å². The smallest absolute Gasteiger partial charge is 0.119 e. The molecule has 1 heterocycles. The Kier molecular flexibility index (Phi) is 5.00. The Balaban J connectivity index is 2.53. The van der Waals surface area contributed by atoms with Gasteiger partial charge in [-0.1, -0.05) is 52.5 Å². The number of hydrogen-bond acceptors (Lipinski definition) is 2. The summed E-state index contributed by atoms with van der Waals surface area (Å²) in [6, 6.07) is 10.4. The van der Waals surface area contributed by atoms with Crippen LogP contribution < -0.4 is 9.92 Å². The minimum Gasteiger partial charge on any atom is -0.497 e. The van der Waals surface area contributed by atoms with E-state index in [0.29, 0.717) is 0 Å². The Morgan fingerprint density at radius 3 is 2.35 bits per heavy atom. The Bertz CT molecular complexity index is 681. The van der Waals surface area contributed by atoms with Gasteiger partial charge in [-0.15, -0.1) is 0 Å². The summed E-state index contributed by atoms with van der Waals surface area (Å²) >= 11 is 0. The molecule has 2 nitrogen and oxygen atoms in total. The lowest BCUT2D eigenvalue weighted by molar-refractivity contribution is 0.412. The molecule has 0 fully saturated rings. The summed E-state index contributed by atoms with van der Waals surface area (Å²) in [5, 5.41) is 1.47. The molecule has 1 aromatic carbocycles. The van der Waals surface area contributed by atoms with Crippen LogP contribution in [-0.2, 0) is 6.42 Å². The van der Waals surface area contributed by atoms with Crippen molar-refractivity contribution in [3.63, 3.8) is 0 Å². The van der Waals surface area contributed by atoms with E-state index in [2.05, 4.69) is 64.8 Å². The fourth-order valence-electron chi connectivity index (χ4n) is 2.83. The van der Waals surface area contributed by atoms with Gasteiger partial charge >= 0.3 is 0 Å². The topological polar surface area (TPSA) is 22.1 Å². The highest BCUT2D eigenvalue weighted by molar-refractivity contribution is 6.89. The van der Waals surface area contributed by atoms with Gasteiger partial charge < -0.3 is 4.74 Å². The normalized spacial score (nSPS) is 12.3. The lowest BCUT2D eigenvalue weighted by atomic mass is 9.88. The monoisotopic (exact) mass is 327 g/mol. The molecule has 23 heavy (non-hydrogen) atoms. The first kappa shape index (κ1) is 17.7. The molecule has 0 aliphatic carbocycles. The standard InChI is InChI=1S/C20H29NOSi/c1-20(2,3)13-16-12-18(21-14-19(16)23(5,6)7)15-9-8-10-17(11-15)22-4/h8-12,14H,13H2,1-7H3. The predicted molar refractivity (Wildman–Crippen MR) is 102 cm³/mol. The van der Waals surface area contributed by atoms with Gasteiger partial charge in [-0.05, 0) is 40.8 Å². The zero-order valence-electron chi connectivity index (χ0n) is 15.5. The maximum Gasteiger partial charge on any atom is 0.119 e. The first-order valence-electron chi connectivity index (χ1n) is 8.24. The molecule has 0 unspecified atom stereocenters. The van der Waals surface area contributed by atoms with Crippen LogP contribution in [-0.4, -0.2) is 20.2 Å². The Labute approximate surface area is 141 Å². The maximum absolute atomic E-state index is 5.34. The minimum atomic E-state index is -1.41. The summed E-state index contributed by atoms with van der Waals surface area (Å²) in [5.41, 5.74) is 3.86. The van der Waals surface area contributed by atoms with Crippen LogP contribution in [0.5, 0.6) is 5.75 Å². The third kappa shape index (κ3) is 4.68. The molecule has 0 amide bonds. The predicted octanol–water partition coefficient (Wildman–Crippen LogP) is 4.89. The molecule has 0 aliphatic rings. The second-order valence-electron chi connectivity index (χ2n) is 8.45. The van der Waals surface area contributed by atoms with Crippen LogP contribution >= 0.6 is 0 Å². The van der Waals surface area contributed by atoms with Crippen molar-refractivity contribution in [3.8, 4) is 17.0 Å². The molecule has 0 bridgehead atoms. The van der Waals surface area contributed by atoms with Gasteiger partial charge in [-0.2, -0.15) is 0 Å². The Morgan fingerprint density at radius 1 is 1.09 bits per heavy atom. The van der Waals surface area contributed by atoms with Crippen molar-refractivity contribution >= 4 is 13.3 Å². The zero-order chi connectivity index (χ0) is 17.3. The van der Waals surface area contributed by atoms with Crippen molar-refractivity contribution in [2.45, 2.75) is 46.8 Å². The third-order valence-corrected chi connectivity index (χ3v) is 5.95. The van der Waals surface area contributed by atoms with Crippen molar-refractivity contribution in [2.24, 2.45) is 5.41 Å². The second kappa shape index (κ2) is 6.48. The van der Waals surface area contributed by atoms with Gasteiger partial charge in [0.2, 0.25) is 0 Å². The highest BCUT2D eigenvalue weighted by atomic mass is 28.3. The fraction of sp³-hybridized carbons (Fsp3) is 0.450. The average Bonchev–Trinajstić information content (AvgIpc) is 2.44. The second-order valence-corrected chi connectivity index (χ2v) is 13.5. The Morgan fingerprint density at radius 2 is 1.78 bits per heavy atom. The van der Waals surface area contributed by atoms with Crippen molar-refractivity contribution in [2.75, 3.05) is 7.11 Å². The van der Waals surface area contributed by atoms with Crippen LogP contribution in [0.1, 0.15) is 26.3 Å². The van der Waals surface area contributed by atoms with Crippen LogP contribution in [0.3, 0.4) is 0 Å². The number of benzene rings is 1. The molecule has 0 saturated carbocycles. The van der Waals surface area contributed by atoms with Gasteiger partial charge in [0.15, 0.2) is 0 Å². The highest BCUT2D eigenvalue weighted by Gasteiger charge is 2.24. The molecule has 0 atom stereocenters. The molecule has 0 aliphatic heterocycles. The van der Waals surface area contributed by atoms with Gasteiger partial charge in [-0.3, -0.25) is 4.98 Å². The molecule has 124 valence electrons. The molecule has 0 saturated heterocycles. The number of hydrogen-bond donors (Lipinski definition) is 0. The van der Waals surface area contributed by atoms with E-state index in [0.717, 1.165) is 23.4 Å². The summed E-state index contributed by atoms with van der Waals surface area (Å²) in [7, 11) is 0.294. The van der Waals surface area contributed by atoms with Crippen LogP contribution in [0.25, 0.3) is 11.3 Å². The molecule has 2 aromatic rings. The molecule has 0 spiro atoms. The first-order chi connectivity index (χ1) is 10.6. The van der Waals surface area contributed by atoms with Crippen molar-refractivity contribution in [1.82, 2.24) is 4.98 Å². The fourth-order valence-corrected chi connectivity index (χ4v) is 4.41. The van der Waals surface area contributed by atoms with Crippen LogP contribution in [0.15, 0.2) is 36.5 Å². The number of ether oxygens (including phenoxy) is 1. The lowest BCUT2D eigenvalue weighted by Crippen LogP contribution is -2.41. The lowest BCUT2D eigenvalue weighted by Gasteiger charge is -2.26. The van der Waals surface area contributed by atoms with E-state index in [1.165, 1.54) is 10.8 Å².